The number of anilines is 4. The Bertz CT molecular complexity index is 1940. The predicted octanol–water partition coefficient (Wildman–Crippen LogP) is 11.2. The van der Waals surface area contributed by atoms with Gasteiger partial charge in [0.15, 0.2) is 0 Å². The van der Waals surface area contributed by atoms with E-state index in [2.05, 4.69) is 182 Å². The van der Waals surface area contributed by atoms with Gasteiger partial charge < -0.3 is 30.7 Å². The van der Waals surface area contributed by atoms with Crippen LogP contribution in [0.4, 0.5) is 22.7 Å². The maximum atomic E-state index is 6.77. The number of nitrogens with one attached hydrogen (secondary N) is 4. The van der Waals surface area contributed by atoms with Crippen molar-refractivity contribution >= 4 is 22.7 Å². The van der Waals surface area contributed by atoms with E-state index >= 15 is 0 Å². The van der Waals surface area contributed by atoms with Gasteiger partial charge in [-0.15, -0.1) is 0 Å². The standard InChI is InChI=1S/C46H46N4O2/c1-33-5-13-37(14-6-33)47-39-25-29-45(30-26-39,49-41-17-9-35(3)10-18-41)51-43-21-23-44(24-22-43)52-46(50-42-19-11-36(4)12-20-42)31-27-40(28-32-46)48-38-15-7-34(2)8-16-38/h5-29,31,47-50H,30,32H2,1-4H3. The molecule has 262 valence electrons. The first-order chi connectivity index (χ1) is 25.2. The number of benzene rings is 5. The molecule has 0 saturated heterocycles. The van der Waals surface area contributed by atoms with Crippen molar-refractivity contribution in [2.24, 2.45) is 0 Å². The highest BCUT2D eigenvalue weighted by atomic mass is 16.5. The van der Waals surface area contributed by atoms with Crippen LogP contribution in [0.25, 0.3) is 0 Å². The monoisotopic (exact) mass is 686 g/mol. The van der Waals surface area contributed by atoms with Gasteiger partial charge in [-0.1, -0.05) is 82.9 Å². The summed E-state index contributed by atoms with van der Waals surface area (Å²) in [6.45, 7) is 8.37. The van der Waals surface area contributed by atoms with Gasteiger partial charge in [-0.2, -0.15) is 0 Å². The molecule has 0 spiro atoms. The highest BCUT2D eigenvalue weighted by Gasteiger charge is 2.33. The quantitative estimate of drug-likeness (QED) is 0.0980. The van der Waals surface area contributed by atoms with Gasteiger partial charge in [0.05, 0.1) is 0 Å². The summed E-state index contributed by atoms with van der Waals surface area (Å²) >= 11 is 0. The van der Waals surface area contributed by atoms with Gasteiger partial charge in [-0.3, -0.25) is 0 Å². The van der Waals surface area contributed by atoms with Crippen LogP contribution in [0.2, 0.25) is 0 Å². The van der Waals surface area contributed by atoms with E-state index in [0.29, 0.717) is 12.8 Å². The molecule has 0 radical (unpaired) electrons. The molecule has 52 heavy (non-hydrogen) atoms. The molecular weight excluding hydrogens is 641 g/mol. The zero-order valence-corrected chi connectivity index (χ0v) is 30.2. The number of rotatable bonds is 12. The van der Waals surface area contributed by atoms with Crippen molar-refractivity contribution in [1.82, 2.24) is 0 Å². The van der Waals surface area contributed by atoms with E-state index in [-0.39, 0.29) is 0 Å². The highest BCUT2D eigenvalue weighted by molar-refractivity contribution is 5.57. The minimum Gasteiger partial charge on any atom is -0.464 e. The topological polar surface area (TPSA) is 66.6 Å². The normalized spacial score (nSPS) is 19.2. The summed E-state index contributed by atoms with van der Waals surface area (Å²) in [4.78, 5) is 0. The van der Waals surface area contributed by atoms with Gasteiger partial charge in [0.25, 0.3) is 0 Å². The maximum Gasteiger partial charge on any atom is 0.204 e. The molecule has 0 fully saturated rings. The number of hydrogen-bond donors (Lipinski definition) is 4. The molecule has 0 amide bonds. The van der Waals surface area contributed by atoms with Crippen LogP contribution in [0.5, 0.6) is 11.5 Å². The molecule has 0 aromatic heterocycles. The third-order valence-corrected chi connectivity index (χ3v) is 9.23. The summed E-state index contributed by atoms with van der Waals surface area (Å²) in [5.74, 6) is 1.45. The Morgan fingerprint density at radius 1 is 0.404 bits per heavy atom. The fraction of sp³-hybridized carbons (Fsp3) is 0.174. The average molecular weight is 687 g/mol. The summed E-state index contributed by atoms with van der Waals surface area (Å²) in [5, 5.41) is 14.4. The fourth-order valence-corrected chi connectivity index (χ4v) is 6.18. The summed E-state index contributed by atoms with van der Waals surface area (Å²) < 4.78 is 13.5. The van der Waals surface area contributed by atoms with E-state index in [0.717, 1.165) is 45.6 Å². The van der Waals surface area contributed by atoms with Crippen molar-refractivity contribution < 1.29 is 9.47 Å². The lowest BCUT2D eigenvalue weighted by Gasteiger charge is -2.36. The molecule has 5 aromatic carbocycles. The second kappa shape index (κ2) is 15.0. The van der Waals surface area contributed by atoms with Crippen molar-refractivity contribution in [3.8, 4) is 11.5 Å². The average Bonchev–Trinajstić information content (AvgIpc) is 3.15. The van der Waals surface area contributed by atoms with Crippen molar-refractivity contribution in [2.75, 3.05) is 21.3 Å². The molecule has 2 unspecified atom stereocenters. The Kier molecular flexibility index (Phi) is 9.90. The van der Waals surface area contributed by atoms with Gasteiger partial charge in [0.2, 0.25) is 11.4 Å². The smallest absolute Gasteiger partial charge is 0.204 e. The Morgan fingerprint density at radius 3 is 1.00 bits per heavy atom. The lowest BCUT2D eigenvalue weighted by Crippen LogP contribution is -2.43. The predicted molar refractivity (Wildman–Crippen MR) is 216 cm³/mol. The van der Waals surface area contributed by atoms with Crippen LogP contribution in [0.15, 0.2) is 169 Å². The van der Waals surface area contributed by atoms with Gasteiger partial charge in [0.1, 0.15) is 11.5 Å². The molecule has 6 nitrogen and oxygen atoms in total. The minimum absolute atomic E-state index is 0.615. The van der Waals surface area contributed by atoms with Crippen molar-refractivity contribution in [3.05, 3.63) is 191 Å². The van der Waals surface area contributed by atoms with Crippen LogP contribution in [0.1, 0.15) is 35.1 Å². The second-order valence-corrected chi connectivity index (χ2v) is 13.8. The van der Waals surface area contributed by atoms with Gasteiger partial charge in [0, 0.05) is 47.0 Å². The van der Waals surface area contributed by atoms with Gasteiger partial charge in [-0.25, -0.2) is 0 Å². The summed E-state index contributed by atoms with van der Waals surface area (Å²) in [5.41, 5.74) is 9.41. The van der Waals surface area contributed by atoms with E-state index in [1.807, 2.05) is 24.3 Å². The summed E-state index contributed by atoms with van der Waals surface area (Å²) in [6.07, 6.45) is 13.9. The fourth-order valence-electron chi connectivity index (χ4n) is 6.18. The first-order valence-corrected chi connectivity index (χ1v) is 17.8. The van der Waals surface area contributed by atoms with Crippen molar-refractivity contribution in [2.45, 2.75) is 52.0 Å². The van der Waals surface area contributed by atoms with E-state index < -0.39 is 11.4 Å². The Balaban J connectivity index is 1.08. The van der Waals surface area contributed by atoms with E-state index in [1.54, 1.807) is 0 Å². The minimum atomic E-state index is -0.790. The molecule has 7 rings (SSSR count). The first-order valence-electron chi connectivity index (χ1n) is 17.8. The zero-order chi connectivity index (χ0) is 36.0. The second-order valence-electron chi connectivity index (χ2n) is 13.8. The third-order valence-electron chi connectivity index (χ3n) is 9.23. The molecule has 2 aliphatic carbocycles. The van der Waals surface area contributed by atoms with Crippen LogP contribution >= 0.6 is 0 Å². The van der Waals surface area contributed by atoms with Crippen LogP contribution in [0, 0.1) is 27.7 Å². The molecule has 2 atom stereocenters. The Labute approximate surface area is 307 Å². The lowest BCUT2D eigenvalue weighted by molar-refractivity contribution is 0.146. The van der Waals surface area contributed by atoms with Crippen LogP contribution in [0.3, 0.4) is 0 Å². The van der Waals surface area contributed by atoms with Crippen LogP contribution in [-0.4, -0.2) is 11.4 Å². The molecule has 0 heterocycles. The summed E-state index contributed by atoms with van der Waals surface area (Å²) in [7, 11) is 0. The third kappa shape index (κ3) is 8.77. The molecule has 0 saturated carbocycles. The Morgan fingerprint density at radius 2 is 0.712 bits per heavy atom. The molecule has 4 N–H and O–H groups in total. The van der Waals surface area contributed by atoms with Gasteiger partial charge in [-0.05, 0) is 125 Å². The molecule has 6 heteroatoms. The van der Waals surface area contributed by atoms with Crippen LogP contribution < -0.4 is 30.7 Å². The SMILES string of the molecule is Cc1ccc(NC2=CCC(Nc3ccc(C)cc3)(Oc3ccc(OC4(Nc5ccc(C)cc5)C=CC(Nc5ccc(C)cc5)=CC4)cc3)C=C2)cc1. The lowest BCUT2D eigenvalue weighted by atomic mass is 10.0. The van der Waals surface area contributed by atoms with Crippen LogP contribution in [-0.2, 0) is 0 Å². The Hall–Kier alpha value is -6.14. The highest BCUT2D eigenvalue weighted by Crippen LogP contribution is 2.34. The maximum absolute atomic E-state index is 6.77. The van der Waals surface area contributed by atoms with Crippen molar-refractivity contribution in [3.63, 3.8) is 0 Å². The molecule has 5 aromatic rings. The van der Waals surface area contributed by atoms with E-state index in [4.69, 9.17) is 9.47 Å². The first kappa shape index (κ1) is 34.3. The van der Waals surface area contributed by atoms with E-state index in [1.165, 1.54) is 22.3 Å². The molecule has 0 bridgehead atoms. The largest absolute Gasteiger partial charge is 0.464 e. The van der Waals surface area contributed by atoms with E-state index in [9.17, 15) is 0 Å². The number of allylic oxidation sites excluding steroid dienone is 2. The number of ether oxygens (including phenoxy) is 2. The molecule has 0 aliphatic heterocycles. The molecule has 2 aliphatic rings. The number of aryl methyl sites for hydroxylation is 4. The van der Waals surface area contributed by atoms with Gasteiger partial charge >= 0.3 is 0 Å². The molecular formula is C46H46N4O2. The van der Waals surface area contributed by atoms with Crippen molar-refractivity contribution in [1.29, 1.82) is 0 Å². The summed E-state index contributed by atoms with van der Waals surface area (Å²) in [6, 6.07) is 41.5. The number of hydrogen-bond acceptors (Lipinski definition) is 6. The zero-order valence-electron chi connectivity index (χ0n) is 30.2.